The van der Waals surface area contributed by atoms with E-state index in [9.17, 15) is 17.6 Å². The largest absolute Gasteiger partial charge is 0.337 e. The number of anilines is 1. The number of carbonyl (C=O) groups is 1. The second-order valence-electron chi connectivity index (χ2n) is 7.45. The lowest BCUT2D eigenvalue weighted by Crippen LogP contribution is -2.18. The third-order valence-electron chi connectivity index (χ3n) is 4.95. The van der Waals surface area contributed by atoms with Crippen LogP contribution in [-0.4, -0.2) is 18.9 Å². The van der Waals surface area contributed by atoms with E-state index in [4.69, 9.17) is 0 Å². The molecule has 0 atom stereocenters. The fourth-order valence-electron chi connectivity index (χ4n) is 3.61. The van der Waals surface area contributed by atoms with E-state index in [0.29, 0.717) is 22.2 Å². The minimum Gasteiger partial charge on any atom is -0.337 e. The van der Waals surface area contributed by atoms with Crippen molar-refractivity contribution in [2.45, 2.75) is 24.1 Å². The van der Waals surface area contributed by atoms with Crippen LogP contribution in [0.2, 0.25) is 0 Å². The number of nitrogens with one attached hydrogen (secondary N) is 1. The average Bonchev–Trinajstić information content (AvgIpc) is 3.07. The molecule has 0 saturated heterocycles. The van der Waals surface area contributed by atoms with Crippen molar-refractivity contribution < 1.29 is 17.6 Å². The van der Waals surface area contributed by atoms with Gasteiger partial charge in [-0.05, 0) is 36.8 Å². The number of hydrogen-bond donors (Lipinski definition) is 1. The van der Waals surface area contributed by atoms with Crippen LogP contribution >= 0.6 is 0 Å². The number of fused-ring (bicyclic) bond motifs is 1. The molecule has 0 aliphatic heterocycles. The highest BCUT2D eigenvalue weighted by Gasteiger charge is 2.22. The number of nitrogens with zero attached hydrogens (tertiary/aromatic N) is 1. The highest BCUT2D eigenvalue weighted by Crippen LogP contribution is 2.28. The van der Waals surface area contributed by atoms with Crippen LogP contribution in [0.15, 0.2) is 83.9 Å². The van der Waals surface area contributed by atoms with Crippen molar-refractivity contribution in [3.8, 4) is 0 Å². The van der Waals surface area contributed by atoms with Crippen LogP contribution in [-0.2, 0) is 26.9 Å². The Morgan fingerprint density at radius 3 is 2.55 bits per heavy atom. The normalized spacial score (nSPS) is 11.5. The number of para-hydroxylation sites is 1. The van der Waals surface area contributed by atoms with E-state index in [1.165, 1.54) is 24.4 Å². The van der Waals surface area contributed by atoms with Crippen molar-refractivity contribution in [3.05, 3.63) is 95.9 Å². The van der Waals surface area contributed by atoms with E-state index in [-0.39, 0.29) is 23.1 Å². The lowest BCUT2D eigenvalue weighted by Gasteiger charge is -2.07. The van der Waals surface area contributed by atoms with E-state index >= 15 is 0 Å². The Kier molecular flexibility index (Phi) is 5.61. The number of rotatable bonds is 6. The third-order valence-corrected chi connectivity index (χ3v) is 6.66. The Labute approximate surface area is 180 Å². The van der Waals surface area contributed by atoms with Gasteiger partial charge in [0.1, 0.15) is 12.4 Å². The van der Waals surface area contributed by atoms with E-state index in [1.54, 1.807) is 41.0 Å². The maximum Gasteiger partial charge on any atom is 0.244 e. The number of halogens is 1. The Morgan fingerprint density at radius 1 is 1.00 bits per heavy atom. The standard InChI is InChI=1S/C24H21FN2O3S/c1-17-6-4-7-18(12-17)16-31(29,30)23-14-27(22-11-3-2-10-21(22)23)15-24(28)26-20-9-5-8-19(25)13-20/h2-14H,15-16H2,1H3,(H,26,28). The molecule has 1 heterocycles. The molecule has 158 valence electrons. The number of aryl methyl sites for hydroxylation is 1. The van der Waals surface area contributed by atoms with Gasteiger partial charge >= 0.3 is 0 Å². The highest BCUT2D eigenvalue weighted by atomic mass is 32.2. The number of hydrogen-bond acceptors (Lipinski definition) is 3. The molecular weight excluding hydrogens is 415 g/mol. The van der Waals surface area contributed by atoms with Gasteiger partial charge in [0.25, 0.3) is 0 Å². The Balaban J connectivity index is 1.65. The summed E-state index contributed by atoms with van der Waals surface area (Å²) in [6.45, 7) is 1.82. The summed E-state index contributed by atoms with van der Waals surface area (Å²) in [5.74, 6) is -0.958. The van der Waals surface area contributed by atoms with Gasteiger partial charge in [-0.3, -0.25) is 4.79 Å². The van der Waals surface area contributed by atoms with Gasteiger partial charge in [0, 0.05) is 22.8 Å². The summed E-state index contributed by atoms with van der Waals surface area (Å²) in [6.07, 6.45) is 1.50. The molecule has 0 fully saturated rings. The maximum absolute atomic E-state index is 13.4. The first kappa shape index (κ1) is 20.8. The molecule has 1 N–H and O–H groups in total. The molecule has 0 aliphatic carbocycles. The fraction of sp³-hybridized carbons (Fsp3) is 0.125. The quantitative estimate of drug-likeness (QED) is 0.476. The Hall–Kier alpha value is -3.45. The summed E-state index contributed by atoms with van der Waals surface area (Å²) in [4.78, 5) is 12.7. The van der Waals surface area contributed by atoms with Gasteiger partial charge < -0.3 is 9.88 Å². The minimum atomic E-state index is -3.64. The van der Waals surface area contributed by atoms with E-state index in [2.05, 4.69) is 5.32 Å². The summed E-state index contributed by atoms with van der Waals surface area (Å²) in [5, 5.41) is 3.20. The minimum absolute atomic E-state index is 0.100. The SMILES string of the molecule is Cc1cccc(CS(=O)(=O)c2cn(CC(=O)Nc3cccc(F)c3)c3ccccc23)c1. The first-order valence-corrected chi connectivity index (χ1v) is 11.4. The topological polar surface area (TPSA) is 68.2 Å². The van der Waals surface area contributed by atoms with Crippen LogP contribution in [0, 0.1) is 12.7 Å². The number of carbonyl (C=O) groups excluding carboxylic acids is 1. The lowest BCUT2D eigenvalue weighted by atomic mass is 10.2. The molecule has 1 aromatic heterocycles. The molecule has 4 aromatic rings. The van der Waals surface area contributed by atoms with Crippen LogP contribution in [0.5, 0.6) is 0 Å². The Morgan fingerprint density at radius 2 is 1.77 bits per heavy atom. The summed E-state index contributed by atoms with van der Waals surface area (Å²) in [5.41, 5.74) is 2.68. The van der Waals surface area contributed by atoms with Gasteiger partial charge in [-0.2, -0.15) is 0 Å². The molecule has 0 aliphatic rings. The summed E-state index contributed by atoms with van der Waals surface area (Å²) >= 11 is 0. The highest BCUT2D eigenvalue weighted by molar-refractivity contribution is 7.90. The van der Waals surface area contributed by atoms with Crippen molar-refractivity contribution in [2.24, 2.45) is 0 Å². The van der Waals surface area contributed by atoms with Gasteiger partial charge in [-0.1, -0.05) is 54.1 Å². The van der Waals surface area contributed by atoms with Crippen molar-refractivity contribution in [1.82, 2.24) is 4.57 Å². The van der Waals surface area contributed by atoms with Gasteiger partial charge in [-0.15, -0.1) is 0 Å². The van der Waals surface area contributed by atoms with E-state index in [1.807, 2.05) is 25.1 Å². The average molecular weight is 437 g/mol. The van der Waals surface area contributed by atoms with Crippen LogP contribution in [0.3, 0.4) is 0 Å². The zero-order chi connectivity index (χ0) is 22.0. The van der Waals surface area contributed by atoms with Crippen LogP contribution in [0.4, 0.5) is 10.1 Å². The molecule has 5 nitrogen and oxygen atoms in total. The molecule has 0 unspecified atom stereocenters. The predicted molar refractivity (Wildman–Crippen MR) is 119 cm³/mol. The molecule has 0 saturated carbocycles. The van der Waals surface area contributed by atoms with Gasteiger partial charge in [0.2, 0.25) is 5.91 Å². The van der Waals surface area contributed by atoms with Gasteiger partial charge in [0.15, 0.2) is 9.84 Å². The van der Waals surface area contributed by atoms with E-state index < -0.39 is 15.7 Å². The number of amides is 1. The first-order chi connectivity index (χ1) is 14.8. The van der Waals surface area contributed by atoms with Crippen LogP contribution in [0.25, 0.3) is 10.9 Å². The summed E-state index contributed by atoms with van der Waals surface area (Å²) in [7, 11) is -3.64. The summed E-state index contributed by atoms with van der Waals surface area (Å²) < 4.78 is 41.4. The number of aromatic nitrogens is 1. The smallest absolute Gasteiger partial charge is 0.244 e. The van der Waals surface area contributed by atoms with Crippen molar-refractivity contribution >= 4 is 32.3 Å². The molecule has 7 heteroatoms. The zero-order valence-corrected chi connectivity index (χ0v) is 17.7. The molecule has 4 rings (SSSR count). The molecule has 31 heavy (non-hydrogen) atoms. The van der Waals surface area contributed by atoms with Crippen molar-refractivity contribution in [2.75, 3.05) is 5.32 Å². The molecule has 3 aromatic carbocycles. The molecule has 0 bridgehead atoms. The zero-order valence-electron chi connectivity index (χ0n) is 16.9. The first-order valence-electron chi connectivity index (χ1n) is 9.73. The predicted octanol–water partition coefficient (Wildman–Crippen LogP) is 4.70. The second-order valence-corrected chi connectivity index (χ2v) is 9.40. The lowest BCUT2D eigenvalue weighted by molar-refractivity contribution is -0.116. The second kappa shape index (κ2) is 8.35. The third kappa shape index (κ3) is 4.67. The van der Waals surface area contributed by atoms with Crippen molar-refractivity contribution in [3.63, 3.8) is 0 Å². The van der Waals surface area contributed by atoms with Gasteiger partial charge in [-0.25, -0.2) is 12.8 Å². The Bertz CT molecular complexity index is 1380. The van der Waals surface area contributed by atoms with Crippen LogP contribution < -0.4 is 5.32 Å². The van der Waals surface area contributed by atoms with E-state index in [0.717, 1.165) is 5.56 Å². The fourth-order valence-corrected chi connectivity index (χ4v) is 5.18. The van der Waals surface area contributed by atoms with Gasteiger partial charge in [0.05, 0.1) is 10.6 Å². The monoisotopic (exact) mass is 436 g/mol. The van der Waals surface area contributed by atoms with Crippen LogP contribution in [0.1, 0.15) is 11.1 Å². The van der Waals surface area contributed by atoms with Crippen molar-refractivity contribution in [1.29, 1.82) is 0 Å². The molecule has 0 spiro atoms. The number of sulfone groups is 1. The molecule has 1 amide bonds. The maximum atomic E-state index is 13.4. The molecule has 0 radical (unpaired) electrons. The summed E-state index contributed by atoms with van der Waals surface area (Å²) in [6, 6.07) is 20.1. The number of benzene rings is 3. The molecular formula is C24H21FN2O3S.